The Hall–Kier alpha value is -2.89. The van der Waals surface area contributed by atoms with Crippen LogP contribution in [-0.2, 0) is 28.6 Å². The summed E-state index contributed by atoms with van der Waals surface area (Å²) in [5.74, 6) is -0.855. The normalized spacial score (nSPS) is 12.4. The predicted molar refractivity (Wildman–Crippen MR) is 307 cm³/mol. The van der Waals surface area contributed by atoms with Gasteiger partial charge in [-0.15, -0.1) is 0 Å². The third-order valence-corrected chi connectivity index (χ3v) is 13.5. The lowest BCUT2D eigenvalue weighted by Gasteiger charge is -2.18. The molecule has 0 aliphatic rings. The van der Waals surface area contributed by atoms with Crippen molar-refractivity contribution >= 4 is 17.9 Å². The van der Waals surface area contributed by atoms with Crippen LogP contribution in [0.5, 0.6) is 0 Å². The minimum atomic E-state index is -0.767. The number of carbonyl (C=O) groups is 3. The fourth-order valence-electron chi connectivity index (χ4n) is 8.94. The molecule has 0 heterocycles. The van der Waals surface area contributed by atoms with Crippen LogP contribution in [0, 0.1) is 0 Å². The van der Waals surface area contributed by atoms with Gasteiger partial charge in [0.1, 0.15) is 13.2 Å². The highest BCUT2D eigenvalue weighted by Crippen LogP contribution is 2.17. The summed E-state index contributed by atoms with van der Waals surface area (Å²) in [5, 5.41) is 0. The average Bonchev–Trinajstić information content (AvgIpc) is 3.37. The zero-order chi connectivity index (χ0) is 51.4. The fourth-order valence-corrected chi connectivity index (χ4v) is 8.94. The Kier molecular flexibility index (Phi) is 57.2. The van der Waals surface area contributed by atoms with Crippen LogP contribution >= 0.6 is 0 Å². The van der Waals surface area contributed by atoms with Crippen LogP contribution in [0.4, 0.5) is 0 Å². The minimum Gasteiger partial charge on any atom is -0.462 e. The Morgan fingerprint density at radius 2 is 0.549 bits per heavy atom. The van der Waals surface area contributed by atoms with E-state index in [9.17, 15) is 14.4 Å². The van der Waals surface area contributed by atoms with Gasteiger partial charge in [0.15, 0.2) is 6.10 Å². The Morgan fingerprint density at radius 1 is 0.296 bits per heavy atom. The standard InChI is InChI=1S/C65H116O6/c1-4-7-10-13-16-19-21-23-24-25-26-27-28-29-30-31-32-33-34-35-36-37-38-39-40-42-43-46-49-52-55-58-64(67)70-61-62(60-69-63(66)57-54-51-48-45-18-15-12-9-6-3)71-65(68)59-56-53-50-47-44-41-22-20-17-14-11-8-5-2/h7,10,16,19,23-24,26-27,29-30,62H,4-6,8-9,11-15,17-18,20-22,25,28,31-61H2,1-3H3/b10-7-,19-16-,24-23-,27-26-,30-29-. The molecule has 0 aromatic carbocycles. The van der Waals surface area contributed by atoms with E-state index in [0.29, 0.717) is 19.3 Å². The van der Waals surface area contributed by atoms with Crippen molar-refractivity contribution in [2.75, 3.05) is 13.2 Å². The monoisotopic (exact) mass is 993 g/mol. The van der Waals surface area contributed by atoms with E-state index >= 15 is 0 Å². The summed E-state index contributed by atoms with van der Waals surface area (Å²) in [5.41, 5.74) is 0. The van der Waals surface area contributed by atoms with E-state index in [1.807, 2.05) is 0 Å². The molecule has 71 heavy (non-hydrogen) atoms. The second-order valence-electron chi connectivity index (χ2n) is 20.6. The number of carbonyl (C=O) groups excluding carboxylic acids is 3. The van der Waals surface area contributed by atoms with Crippen LogP contribution in [0.15, 0.2) is 60.8 Å². The highest BCUT2D eigenvalue weighted by molar-refractivity contribution is 5.71. The molecule has 1 atom stereocenters. The van der Waals surface area contributed by atoms with Crippen LogP contribution in [-0.4, -0.2) is 37.2 Å². The van der Waals surface area contributed by atoms with Crippen molar-refractivity contribution in [2.24, 2.45) is 0 Å². The summed E-state index contributed by atoms with van der Waals surface area (Å²) in [4.78, 5) is 38.0. The molecular formula is C65H116O6. The molecule has 0 amide bonds. The molecule has 0 spiro atoms. The molecule has 0 saturated carbocycles. The molecule has 0 rings (SSSR count). The molecule has 0 aliphatic carbocycles. The smallest absolute Gasteiger partial charge is 0.306 e. The number of hydrogen-bond acceptors (Lipinski definition) is 6. The van der Waals surface area contributed by atoms with E-state index in [0.717, 1.165) is 89.9 Å². The van der Waals surface area contributed by atoms with Crippen LogP contribution in [0.3, 0.4) is 0 Å². The first kappa shape index (κ1) is 68.1. The third kappa shape index (κ3) is 57.9. The van der Waals surface area contributed by atoms with Crippen molar-refractivity contribution in [3.05, 3.63) is 60.8 Å². The summed E-state index contributed by atoms with van der Waals surface area (Å²) >= 11 is 0. The highest BCUT2D eigenvalue weighted by atomic mass is 16.6. The minimum absolute atomic E-state index is 0.0681. The molecule has 0 radical (unpaired) electrons. The first-order chi connectivity index (χ1) is 35.0. The molecule has 0 aromatic heterocycles. The summed E-state index contributed by atoms with van der Waals surface area (Å²) < 4.78 is 16.8. The predicted octanol–water partition coefficient (Wildman–Crippen LogP) is 20.8. The van der Waals surface area contributed by atoms with Gasteiger partial charge in [-0.1, -0.05) is 293 Å². The average molecular weight is 994 g/mol. The number of unbranched alkanes of at least 4 members (excludes halogenated alkanes) is 35. The van der Waals surface area contributed by atoms with Gasteiger partial charge >= 0.3 is 17.9 Å². The summed E-state index contributed by atoms with van der Waals surface area (Å²) in [6.45, 7) is 6.54. The van der Waals surface area contributed by atoms with Crippen molar-refractivity contribution in [1.29, 1.82) is 0 Å². The lowest BCUT2D eigenvalue weighted by molar-refractivity contribution is -0.167. The van der Waals surface area contributed by atoms with Crippen molar-refractivity contribution in [2.45, 2.75) is 322 Å². The van der Waals surface area contributed by atoms with Crippen LogP contribution < -0.4 is 0 Å². The number of esters is 3. The number of hydrogen-bond donors (Lipinski definition) is 0. The van der Waals surface area contributed by atoms with E-state index in [-0.39, 0.29) is 31.1 Å². The van der Waals surface area contributed by atoms with E-state index < -0.39 is 6.10 Å². The van der Waals surface area contributed by atoms with E-state index in [2.05, 4.69) is 81.5 Å². The number of rotatable bonds is 56. The van der Waals surface area contributed by atoms with E-state index in [4.69, 9.17) is 14.2 Å². The van der Waals surface area contributed by atoms with Crippen LogP contribution in [0.25, 0.3) is 0 Å². The second-order valence-corrected chi connectivity index (χ2v) is 20.6. The zero-order valence-electron chi connectivity index (χ0n) is 47.2. The molecule has 6 nitrogen and oxygen atoms in total. The van der Waals surface area contributed by atoms with E-state index in [1.165, 1.54) is 186 Å². The van der Waals surface area contributed by atoms with Gasteiger partial charge in [-0.25, -0.2) is 0 Å². The van der Waals surface area contributed by atoms with Gasteiger partial charge in [-0.2, -0.15) is 0 Å². The van der Waals surface area contributed by atoms with Crippen molar-refractivity contribution < 1.29 is 28.6 Å². The van der Waals surface area contributed by atoms with E-state index in [1.54, 1.807) is 0 Å². The van der Waals surface area contributed by atoms with Crippen molar-refractivity contribution in [1.82, 2.24) is 0 Å². The van der Waals surface area contributed by atoms with Gasteiger partial charge in [-0.05, 0) is 64.2 Å². The largest absolute Gasteiger partial charge is 0.462 e. The van der Waals surface area contributed by atoms with Gasteiger partial charge in [0, 0.05) is 19.3 Å². The third-order valence-electron chi connectivity index (χ3n) is 13.5. The zero-order valence-corrected chi connectivity index (χ0v) is 47.2. The molecule has 6 heteroatoms. The highest BCUT2D eigenvalue weighted by Gasteiger charge is 2.19. The van der Waals surface area contributed by atoms with Crippen LogP contribution in [0.1, 0.15) is 316 Å². The Labute approximate surface area is 440 Å². The number of ether oxygens (including phenoxy) is 3. The SMILES string of the molecule is CC/C=C\C/C=C\C/C=C\C/C=C\C/C=C\CCCCCCCCCCCCCCCCCC(=O)OCC(COC(=O)CCCCCCCCCCC)OC(=O)CCCCCCCCCCCCCCC. The van der Waals surface area contributed by atoms with Gasteiger partial charge in [0.05, 0.1) is 0 Å². The first-order valence-electron chi connectivity index (χ1n) is 30.8. The Morgan fingerprint density at radius 3 is 0.859 bits per heavy atom. The topological polar surface area (TPSA) is 78.9 Å². The van der Waals surface area contributed by atoms with Crippen LogP contribution in [0.2, 0.25) is 0 Å². The summed E-state index contributed by atoms with van der Waals surface area (Å²) in [6.07, 6.45) is 75.3. The molecule has 1 unspecified atom stereocenters. The molecule has 0 saturated heterocycles. The lowest BCUT2D eigenvalue weighted by atomic mass is 10.0. The maximum atomic E-state index is 12.8. The maximum absolute atomic E-state index is 12.8. The van der Waals surface area contributed by atoms with Gasteiger partial charge in [0.2, 0.25) is 0 Å². The maximum Gasteiger partial charge on any atom is 0.306 e. The Bertz CT molecular complexity index is 1280. The molecule has 0 bridgehead atoms. The number of allylic oxidation sites excluding steroid dienone is 10. The lowest BCUT2D eigenvalue weighted by Crippen LogP contribution is -2.30. The summed E-state index contributed by atoms with van der Waals surface area (Å²) in [6, 6.07) is 0. The molecule has 0 aliphatic heterocycles. The molecule has 412 valence electrons. The van der Waals surface area contributed by atoms with Gasteiger partial charge < -0.3 is 14.2 Å². The molecule has 0 fully saturated rings. The quantitative estimate of drug-likeness (QED) is 0.0261. The van der Waals surface area contributed by atoms with Crippen molar-refractivity contribution in [3.63, 3.8) is 0 Å². The first-order valence-corrected chi connectivity index (χ1v) is 30.8. The van der Waals surface area contributed by atoms with Gasteiger partial charge in [-0.3, -0.25) is 14.4 Å². The molecule has 0 aromatic rings. The molecular weight excluding hydrogens is 877 g/mol. The fraction of sp³-hybridized carbons (Fsp3) is 0.800. The Balaban J connectivity index is 4.06. The van der Waals surface area contributed by atoms with Crippen molar-refractivity contribution in [3.8, 4) is 0 Å². The van der Waals surface area contributed by atoms with Gasteiger partial charge in [0.25, 0.3) is 0 Å². The second kappa shape index (κ2) is 59.7. The molecule has 0 N–H and O–H groups in total. The summed E-state index contributed by atoms with van der Waals surface area (Å²) in [7, 11) is 0.